The molecule has 6 heteroatoms. The van der Waals surface area contributed by atoms with Crippen LogP contribution in [0.2, 0.25) is 5.15 Å². The van der Waals surface area contributed by atoms with Gasteiger partial charge in [-0.05, 0) is 40.3 Å². The number of pyridine rings is 1. The quantitative estimate of drug-likeness (QED) is 0.776. The summed E-state index contributed by atoms with van der Waals surface area (Å²) in [7, 11) is 0. The van der Waals surface area contributed by atoms with E-state index in [2.05, 4.69) is 26.2 Å². The monoisotopic (exact) mass is 348 g/mol. The Morgan fingerprint density at radius 1 is 1.58 bits per heavy atom. The summed E-state index contributed by atoms with van der Waals surface area (Å²) >= 11 is 9.16. The van der Waals surface area contributed by atoms with Crippen LogP contribution < -0.4 is 5.32 Å². The molecule has 2 N–H and O–H groups in total. The molecule has 1 amide bonds. The van der Waals surface area contributed by atoms with Crippen LogP contribution in [0.5, 0.6) is 0 Å². The van der Waals surface area contributed by atoms with Crippen LogP contribution in [-0.4, -0.2) is 29.1 Å². The highest BCUT2D eigenvalue weighted by molar-refractivity contribution is 9.10. The Hall–Kier alpha value is -0.650. The molecule has 1 heterocycles. The van der Waals surface area contributed by atoms with Crippen LogP contribution in [0.15, 0.2) is 16.7 Å². The van der Waals surface area contributed by atoms with Crippen molar-refractivity contribution in [3.63, 3.8) is 0 Å². The first-order valence-corrected chi connectivity index (χ1v) is 7.23. The minimum atomic E-state index is -0.240. The third-order valence-corrected chi connectivity index (χ3v) is 3.52. The minimum absolute atomic E-state index is 0.0652. The maximum absolute atomic E-state index is 12.0. The van der Waals surface area contributed by atoms with E-state index in [0.717, 1.165) is 12.8 Å². The van der Waals surface area contributed by atoms with Gasteiger partial charge < -0.3 is 10.4 Å². The second-order valence-corrected chi connectivity index (χ2v) is 6.44. The van der Waals surface area contributed by atoms with E-state index < -0.39 is 0 Å². The number of carbonyl (C=O) groups excluding carboxylic acids is 1. The second-order valence-electron chi connectivity index (χ2n) is 5.17. The van der Waals surface area contributed by atoms with Gasteiger partial charge in [-0.25, -0.2) is 4.98 Å². The predicted octanol–water partition coefficient (Wildman–Crippen LogP) is 3.03. The van der Waals surface area contributed by atoms with Gasteiger partial charge in [0.05, 0.1) is 5.56 Å². The molecule has 0 fully saturated rings. The number of aliphatic hydroxyl groups is 1. The van der Waals surface area contributed by atoms with Crippen LogP contribution in [0.25, 0.3) is 0 Å². The first kappa shape index (κ1) is 16.4. The van der Waals surface area contributed by atoms with Crippen LogP contribution >= 0.6 is 27.5 Å². The van der Waals surface area contributed by atoms with E-state index >= 15 is 0 Å². The number of amides is 1. The van der Waals surface area contributed by atoms with E-state index in [1.807, 2.05) is 13.8 Å². The van der Waals surface area contributed by atoms with Gasteiger partial charge in [0.2, 0.25) is 0 Å². The van der Waals surface area contributed by atoms with E-state index in [1.165, 1.54) is 0 Å². The van der Waals surface area contributed by atoms with Crippen LogP contribution in [0.3, 0.4) is 0 Å². The molecule has 0 aromatic carbocycles. The number of carbonyl (C=O) groups is 1. The molecule has 1 aromatic rings. The number of nitrogens with zero attached hydrogens (tertiary/aromatic N) is 1. The molecule has 1 rings (SSSR count). The normalized spacial score (nSPS) is 11.4. The number of nitrogens with one attached hydrogen (secondary N) is 1. The second kappa shape index (κ2) is 7.22. The summed E-state index contributed by atoms with van der Waals surface area (Å²) < 4.78 is 0.710. The largest absolute Gasteiger partial charge is 0.396 e. The van der Waals surface area contributed by atoms with E-state index in [0.29, 0.717) is 16.6 Å². The molecule has 0 spiro atoms. The predicted molar refractivity (Wildman–Crippen MR) is 79.4 cm³/mol. The SMILES string of the molecule is CC(C)(CCCO)CNC(=O)c1cc(Br)cnc1Cl. The van der Waals surface area contributed by atoms with Crippen molar-refractivity contribution in [2.75, 3.05) is 13.2 Å². The van der Waals surface area contributed by atoms with Gasteiger partial charge >= 0.3 is 0 Å². The zero-order chi connectivity index (χ0) is 14.5. The molecule has 0 atom stereocenters. The van der Waals surface area contributed by atoms with Crippen molar-refractivity contribution in [2.45, 2.75) is 26.7 Å². The average molecular weight is 350 g/mol. The molecular formula is C13H18BrClN2O2. The smallest absolute Gasteiger partial charge is 0.254 e. The number of aliphatic hydroxyl groups excluding tert-OH is 1. The summed E-state index contributed by atoms with van der Waals surface area (Å²) in [5.74, 6) is -0.240. The van der Waals surface area contributed by atoms with E-state index in [4.69, 9.17) is 16.7 Å². The van der Waals surface area contributed by atoms with E-state index in [-0.39, 0.29) is 23.1 Å². The number of halogens is 2. The summed E-state index contributed by atoms with van der Waals surface area (Å²) in [6, 6.07) is 1.64. The van der Waals surface area contributed by atoms with E-state index in [9.17, 15) is 4.79 Å². The summed E-state index contributed by atoms with van der Waals surface area (Å²) in [6.07, 6.45) is 3.11. The first-order valence-electron chi connectivity index (χ1n) is 6.06. The van der Waals surface area contributed by atoms with Crippen molar-refractivity contribution in [1.29, 1.82) is 0 Å². The molecule has 0 bridgehead atoms. The Labute approximate surface area is 126 Å². The molecule has 0 saturated heterocycles. The first-order chi connectivity index (χ1) is 8.85. The molecule has 4 nitrogen and oxygen atoms in total. The molecule has 0 aliphatic heterocycles. The molecule has 19 heavy (non-hydrogen) atoms. The highest BCUT2D eigenvalue weighted by atomic mass is 79.9. The molecule has 106 valence electrons. The average Bonchev–Trinajstić information content (AvgIpc) is 2.36. The Morgan fingerprint density at radius 3 is 2.89 bits per heavy atom. The lowest BCUT2D eigenvalue weighted by Crippen LogP contribution is -2.34. The number of hydrogen-bond acceptors (Lipinski definition) is 3. The van der Waals surface area contributed by atoms with Crippen molar-refractivity contribution >= 4 is 33.4 Å². The topological polar surface area (TPSA) is 62.2 Å². The lowest BCUT2D eigenvalue weighted by atomic mass is 9.88. The standard InChI is InChI=1S/C13H18BrClN2O2/c1-13(2,4-3-5-18)8-17-12(19)10-6-9(14)7-16-11(10)15/h6-7,18H,3-5,8H2,1-2H3,(H,17,19). The number of aromatic nitrogens is 1. The third-order valence-electron chi connectivity index (χ3n) is 2.79. The highest BCUT2D eigenvalue weighted by Crippen LogP contribution is 2.22. The number of hydrogen-bond donors (Lipinski definition) is 2. The molecule has 1 aromatic heterocycles. The van der Waals surface area contributed by atoms with Gasteiger partial charge in [-0.15, -0.1) is 0 Å². The lowest BCUT2D eigenvalue weighted by molar-refractivity contribution is 0.0932. The summed E-state index contributed by atoms with van der Waals surface area (Å²) in [5.41, 5.74) is 0.290. The summed E-state index contributed by atoms with van der Waals surface area (Å²) in [6.45, 7) is 4.78. The zero-order valence-corrected chi connectivity index (χ0v) is 13.4. The van der Waals surface area contributed by atoms with Crippen molar-refractivity contribution in [2.24, 2.45) is 5.41 Å². The fourth-order valence-corrected chi connectivity index (χ4v) is 2.16. The Kier molecular flexibility index (Phi) is 6.23. The van der Waals surface area contributed by atoms with Crippen molar-refractivity contribution in [3.05, 3.63) is 27.5 Å². The molecular weight excluding hydrogens is 332 g/mol. The highest BCUT2D eigenvalue weighted by Gasteiger charge is 2.20. The van der Waals surface area contributed by atoms with Gasteiger partial charge in [0.15, 0.2) is 0 Å². The van der Waals surface area contributed by atoms with Crippen LogP contribution in [0, 0.1) is 5.41 Å². The summed E-state index contributed by atoms with van der Waals surface area (Å²) in [5, 5.41) is 11.9. The maximum atomic E-state index is 12.0. The maximum Gasteiger partial charge on any atom is 0.254 e. The Balaban J connectivity index is 2.62. The van der Waals surface area contributed by atoms with Gasteiger partial charge in [-0.1, -0.05) is 25.4 Å². The number of rotatable bonds is 6. The van der Waals surface area contributed by atoms with E-state index in [1.54, 1.807) is 12.3 Å². The minimum Gasteiger partial charge on any atom is -0.396 e. The van der Waals surface area contributed by atoms with Gasteiger partial charge in [-0.2, -0.15) is 0 Å². The molecule has 0 saturated carbocycles. The Morgan fingerprint density at radius 2 is 2.26 bits per heavy atom. The Bertz CT molecular complexity index is 452. The van der Waals surface area contributed by atoms with Crippen LogP contribution in [0.4, 0.5) is 0 Å². The fraction of sp³-hybridized carbons (Fsp3) is 0.538. The summed E-state index contributed by atoms with van der Waals surface area (Å²) in [4.78, 5) is 16.0. The third kappa shape index (κ3) is 5.47. The molecule has 0 unspecified atom stereocenters. The molecule has 0 aliphatic rings. The fourth-order valence-electron chi connectivity index (χ4n) is 1.64. The van der Waals surface area contributed by atoms with Crippen molar-refractivity contribution in [3.8, 4) is 0 Å². The van der Waals surface area contributed by atoms with Crippen molar-refractivity contribution < 1.29 is 9.90 Å². The lowest BCUT2D eigenvalue weighted by Gasteiger charge is -2.24. The molecule has 0 radical (unpaired) electrons. The van der Waals surface area contributed by atoms with Gasteiger partial charge in [-0.3, -0.25) is 4.79 Å². The van der Waals surface area contributed by atoms with Gasteiger partial charge in [0.1, 0.15) is 5.15 Å². The van der Waals surface area contributed by atoms with Gasteiger partial charge in [0, 0.05) is 23.8 Å². The molecule has 0 aliphatic carbocycles. The zero-order valence-electron chi connectivity index (χ0n) is 11.0. The van der Waals surface area contributed by atoms with Crippen LogP contribution in [-0.2, 0) is 0 Å². The van der Waals surface area contributed by atoms with Gasteiger partial charge in [0.25, 0.3) is 5.91 Å². The van der Waals surface area contributed by atoms with Crippen molar-refractivity contribution in [1.82, 2.24) is 10.3 Å². The van der Waals surface area contributed by atoms with Crippen LogP contribution in [0.1, 0.15) is 37.0 Å².